The van der Waals surface area contributed by atoms with Gasteiger partial charge in [-0.15, -0.1) is 0 Å². The molecule has 0 saturated heterocycles. The van der Waals surface area contributed by atoms with Crippen LogP contribution in [0, 0.1) is 5.82 Å². The molecule has 2 aromatic heterocycles. The Balaban J connectivity index is 1.51. The lowest BCUT2D eigenvalue weighted by molar-refractivity contribution is 0.0951. The fourth-order valence-corrected chi connectivity index (χ4v) is 4.11. The van der Waals surface area contributed by atoms with Crippen LogP contribution < -0.4 is 10.6 Å². The van der Waals surface area contributed by atoms with Crippen molar-refractivity contribution in [2.45, 2.75) is 19.4 Å². The highest BCUT2D eigenvalue weighted by molar-refractivity contribution is 5.99. The molecule has 0 atom stereocenters. The predicted octanol–water partition coefficient (Wildman–Crippen LogP) is 3.97. The average molecular weight is 503 g/mol. The van der Waals surface area contributed by atoms with E-state index in [1.807, 2.05) is 30.3 Å². The van der Waals surface area contributed by atoms with Crippen molar-refractivity contribution in [1.29, 1.82) is 0 Å². The third-order valence-corrected chi connectivity index (χ3v) is 6.10. The number of amides is 3. The monoisotopic (exact) mass is 502 g/mol. The first-order chi connectivity index (χ1) is 17.9. The third kappa shape index (κ3) is 6.91. The number of carbonyl (C=O) groups is 2. The molecule has 3 aromatic rings. The van der Waals surface area contributed by atoms with Gasteiger partial charge in [-0.3, -0.25) is 9.78 Å². The van der Waals surface area contributed by atoms with Gasteiger partial charge in [0, 0.05) is 52.7 Å². The second-order valence-corrected chi connectivity index (χ2v) is 9.05. The van der Waals surface area contributed by atoms with Gasteiger partial charge in [-0.1, -0.05) is 24.3 Å². The highest BCUT2D eigenvalue weighted by Crippen LogP contribution is 2.24. The van der Waals surface area contributed by atoms with Crippen LogP contribution in [-0.2, 0) is 13.0 Å². The van der Waals surface area contributed by atoms with Gasteiger partial charge >= 0.3 is 6.03 Å². The van der Waals surface area contributed by atoms with Gasteiger partial charge in [0.25, 0.3) is 5.91 Å². The summed E-state index contributed by atoms with van der Waals surface area (Å²) in [5.41, 5.74) is 3.96. The van der Waals surface area contributed by atoms with Crippen LogP contribution in [0.3, 0.4) is 0 Å². The Morgan fingerprint density at radius 3 is 2.65 bits per heavy atom. The molecule has 0 bridgehead atoms. The predicted molar refractivity (Wildman–Crippen MR) is 141 cm³/mol. The first-order valence-corrected chi connectivity index (χ1v) is 12.2. The molecule has 1 aromatic carbocycles. The maximum absolute atomic E-state index is 13.6. The van der Waals surface area contributed by atoms with E-state index in [1.165, 1.54) is 12.1 Å². The Labute approximate surface area is 216 Å². The van der Waals surface area contributed by atoms with E-state index in [4.69, 9.17) is 4.98 Å². The molecular weight excluding hydrogens is 471 g/mol. The summed E-state index contributed by atoms with van der Waals surface area (Å²) in [7, 11) is 3.48. The van der Waals surface area contributed by atoms with Crippen molar-refractivity contribution in [3.63, 3.8) is 0 Å². The van der Waals surface area contributed by atoms with E-state index in [-0.39, 0.29) is 17.8 Å². The molecule has 2 N–H and O–H groups in total. The Morgan fingerprint density at radius 2 is 1.95 bits per heavy atom. The van der Waals surface area contributed by atoms with Crippen LogP contribution in [0.15, 0.2) is 67.0 Å². The zero-order chi connectivity index (χ0) is 26.2. The summed E-state index contributed by atoms with van der Waals surface area (Å²) in [6.45, 7) is 1.93. The van der Waals surface area contributed by atoms with Crippen molar-refractivity contribution >= 4 is 23.3 Å². The molecule has 0 unspecified atom stereocenters. The van der Waals surface area contributed by atoms with Gasteiger partial charge in [0.15, 0.2) is 0 Å². The van der Waals surface area contributed by atoms with Crippen LogP contribution in [0.2, 0.25) is 0 Å². The van der Waals surface area contributed by atoms with Crippen LogP contribution in [0.25, 0.3) is 5.57 Å². The van der Waals surface area contributed by atoms with Crippen molar-refractivity contribution in [3.8, 4) is 0 Å². The van der Waals surface area contributed by atoms with Crippen molar-refractivity contribution in [2.24, 2.45) is 0 Å². The summed E-state index contributed by atoms with van der Waals surface area (Å²) in [6, 6.07) is 13.8. The van der Waals surface area contributed by atoms with Crippen LogP contribution in [0.1, 0.15) is 33.6 Å². The van der Waals surface area contributed by atoms with E-state index >= 15 is 0 Å². The molecule has 3 heterocycles. The Bertz CT molecular complexity index is 1280. The summed E-state index contributed by atoms with van der Waals surface area (Å²) in [5, 5.41) is 6.20. The Morgan fingerprint density at radius 1 is 1.11 bits per heavy atom. The molecule has 3 amide bonds. The first-order valence-electron chi connectivity index (χ1n) is 12.2. The summed E-state index contributed by atoms with van der Waals surface area (Å²) in [6.07, 6.45) is 6.64. The number of pyridine rings is 2. The summed E-state index contributed by atoms with van der Waals surface area (Å²) in [4.78, 5) is 37.5. The zero-order valence-electron chi connectivity index (χ0n) is 21.1. The lowest BCUT2D eigenvalue weighted by atomic mass is 10.0. The second kappa shape index (κ2) is 12.1. The fraction of sp³-hybridized carbons (Fsp3) is 0.286. The van der Waals surface area contributed by atoms with Gasteiger partial charge in [-0.2, -0.15) is 0 Å². The highest BCUT2D eigenvalue weighted by atomic mass is 19.1. The molecule has 37 heavy (non-hydrogen) atoms. The number of carbonyl (C=O) groups excluding carboxylic acids is 2. The Kier molecular flexibility index (Phi) is 8.45. The second-order valence-electron chi connectivity index (χ2n) is 9.05. The highest BCUT2D eigenvalue weighted by Gasteiger charge is 2.21. The molecule has 9 heteroatoms. The average Bonchev–Trinajstić information content (AvgIpc) is 2.92. The van der Waals surface area contributed by atoms with Crippen LogP contribution in [0.4, 0.5) is 15.0 Å². The molecule has 0 fully saturated rings. The smallest absolute Gasteiger partial charge is 0.319 e. The molecule has 1 aliphatic heterocycles. The van der Waals surface area contributed by atoms with E-state index in [0.717, 1.165) is 22.4 Å². The van der Waals surface area contributed by atoms with E-state index in [2.05, 4.69) is 15.6 Å². The topological polar surface area (TPSA) is 90.5 Å². The van der Waals surface area contributed by atoms with Crippen LogP contribution >= 0.6 is 0 Å². The maximum Gasteiger partial charge on any atom is 0.319 e. The van der Waals surface area contributed by atoms with Crippen molar-refractivity contribution in [2.75, 3.05) is 39.0 Å². The Hall–Kier alpha value is -4.27. The number of benzene rings is 1. The fourth-order valence-electron chi connectivity index (χ4n) is 4.11. The van der Waals surface area contributed by atoms with E-state index in [1.54, 1.807) is 48.4 Å². The zero-order valence-corrected chi connectivity index (χ0v) is 21.1. The van der Waals surface area contributed by atoms with Crippen molar-refractivity contribution in [3.05, 3.63) is 95.2 Å². The number of nitrogens with one attached hydrogen (secondary N) is 2. The van der Waals surface area contributed by atoms with Gasteiger partial charge in [0.2, 0.25) is 0 Å². The van der Waals surface area contributed by atoms with Gasteiger partial charge in [0.05, 0.1) is 11.3 Å². The van der Waals surface area contributed by atoms with Gasteiger partial charge < -0.3 is 20.4 Å². The number of urea groups is 1. The molecule has 0 aliphatic carbocycles. The molecular formula is C28H31FN6O2. The van der Waals surface area contributed by atoms with E-state index in [0.29, 0.717) is 50.4 Å². The van der Waals surface area contributed by atoms with Crippen molar-refractivity contribution in [1.82, 2.24) is 25.1 Å². The minimum Gasteiger partial charge on any atom is -0.369 e. The quantitative estimate of drug-likeness (QED) is 0.487. The standard InChI is InChI=1S/C28H31FN6O2/c1-34(2)28(37)35-15-11-22(12-16-35)25-9-8-24(27(36)32-19-21-6-4-13-30-18-21)26(33-25)31-14-10-20-5-3-7-23(29)17-20/h3-9,11,13,17-18H,10,12,14-16,19H2,1-2H3,(H,31,33)(H,32,36). The molecule has 0 spiro atoms. The largest absolute Gasteiger partial charge is 0.369 e. The number of aromatic nitrogens is 2. The molecule has 192 valence electrons. The first kappa shape index (κ1) is 25.8. The van der Waals surface area contributed by atoms with E-state index < -0.39 is 0 Å². The third-order valence-electron chi connectivity index (χ3n) is 6.10. The number of halogens is 1. The number of rotatable bonds is 8. The van der Waals surface area contributed by atoms with Crippen LogP contribution in [-0.4, -0.2) is 65.4 Å². The number of nitrogens with zero attached hydrogens (tertiary/aromatic N) is 4. The molecule has 4 rings (SSSR count). The maximum atomic E-state index is 13.6. The van der Waals surface area contributed by atoms with Gasteiger partial charge in [-0.05, 0) is 59.9 Å². The normalized spacial score (nSPS) is 13.1. The lowest BCUT2D eigenvalue weighted by Crippen LogP contribution is -2.41. The molecule has 8 nitrogen and oxygen atoms in total. The van der Waals surface area contributed by atoms with Gasteiger partial charge in [-0.25, -0.2) is 14.2 Å². The molecule has 0 radical (unpaired) electrons. The van der Waals surface area contributed by atoms with Crippen LogP contribution in [0.5, 0.6) is 0 Å². The van der Waals surface area contributed by atoms with Gasteiger partial charge in [0.1, 0.15) is 11.6 Å². The minimum absolute atomic E-state index is 0.0244. The van der Waals surface area contributed by atoms with Crippen molar-refractivity contribution < 1.29 is 14.0 Å². The molecule has 1 aliphatic rings. The summed E-state index contributed by atoms with van der Waals surface area (Å²) < 4.78 is 13.6. The lowest BCUT2D eigenvalue weighted by Gasteiger charge is -2.29. The summed E-state index contributed by atoms with van der Waals surface area (Å²) in [5.74, 6) is -0.0686. The minimum atomic E-state index is -0.279. The number of hydrogen-bond acceptors (Lipinski definition) is 5. The number of anilines is 1. The molecule has 0 saturated carbocycles. The SMILES string of the molecule is CN(C)C(=O)N1CC=C(c2ccc(C(=O)NCc3cccnc3)c(NCCc3cccc(F)c3)n2)CC1. The van der Waals surface area contributed by atoms with E-state index in [9.17, 15) is 14.0 Å². The number of hydrogen-bond donors (Lipinski definition) is 2. The summed E-state index contributed by atoms with van der Waals surface area (Å²) >= 11 is 0.